The van der Waals surface area contributed by atoms with E-state index in [1.807, 2.05) is 0 Å². The Morgan fingerprint density at radius 3 is 2.50 bits per heavy atom. The molecule has 3 rings (SSSR count). The molecule has 0 atom stereocenters. The Balaban J connectivity index is 2.00. The number of methoxy groups -OCH3 is 1. The standard InChI is InChI=1S/C16H12F3N3O3S/c1-24-12-7-6-11-13(20-12)21-15(26)22(14(11)23)9-2-4-10(5-3-9)25-8-16(17,18)19/h2-7H,8H2,1H3,(H,20,21,26). The zero-order valence-corrected chi connectivity index (χ0v) is 14.1. The summed E-state index contributed by atoms with van der Waals surface area (Å²) in [6.07, 6.45) is -4.43. The third kappa shape index (κ3) is 3.69. The maximum atomic E-state index is 12.7. The van der Waals surface area contributed by atoms with Gasteiger partial charge in [0.25, 0.3) is 5.56 Å². The molecule has 136 valence electrons. The van der Waals surface area contributed by atoms with Crippen molar-refractivity contribution in [1.29, 1.82) is 0 Å². The summed E-state index contributed by atoms with van der Waals surface area (Å²) < 4.78 is 47.5. The molecule has 0 radical (unpaired) electrons. The molecule has 2 aromatic heterocycles. The van der Waals surface area contributed by atoms with Crippen LogP contribution < -0.4 is 15.0 Å². The van der Waals surface area contributed by atoms with Crippen LogP contribution in [-0.4, -0.2) is 34.4 Å². The fourth-order valence-electron chi connectivity index (χ4n) is 2.28. The molecule has 1 N–H and O–H groups in total. The number of aromatic amines is 1. The van der Waals surface area contributed by atoms with Crippen LogP contribution in [0.15, 0.2) is 41.2 Å². The van der Waals surface area contributed by atoms with E-state index in [0.29, 0.717) is 11.6 Å². The van der Waals surface area contributed by atoms with Gasteiger partial charge in [0.2, 0.25) is 5.88 Å². The van der Waals surface area contributed by atoms with Crippen LogP contribution in [0.2, 0.25) is 0 Å². The lowest BCUT2D eigenvalue weighted by atomic mass is 10.3. The van der Waals surface area contributed by atoms with Crippen LogP contribution in [0, 0.1) is 4.77 Å². The van der Waals surface area contributed by atoms with Gasteiger partial charge < -0.3 is 14.5 Å². The topological polar surface area (TPSA) is 69.1 Å². The summed E-state index contributed by atoms with van der Waals surface area (Å²) in [6, 6.07) is 8.64. The van der Waals surface area contributed by atoms with Gasteiger partial charge in [-0.1, -0.05) is 0 Å². The smallest absolute Gasteiger partial charge is 0.422 e. The summed E-state index contributed by atoms with van der Waals surface area (Å²) in [4.78, 5) is 19.7. The molecule has 0 aliphatic carbocycles. The first-order chi connectivity index (χ1) is 12.3. The minimum Gasteiger partial charge on any atom is -0.484 e. The van der Waals surface area contributed by atoms with E-state index < -0.39 is 18.3 Å². The Morgan fingerprint density at radius 1 is 1.19 bits per heavy atom. The monoisotopic (exact) mass is 383 g/mol. The number of ether oxygens (including phenoxy) is 2. The Labute approximate surface area is 149 Å². The van der Waals surface area contributed by atoms with Crippen LogP contribution in [0.5, 0.6) is 11.6 Å². The summed E-state index contributed by atoms with van der Waals surface area (Å²) >= 11 is 5.21. The normalized spacial score (nSPS) is 11.5. The number of pyridine rings is 1. The predicted molar refractivity (Wildman–Crippen MR) is 90.6 cm³/mol. The van der Waals surface area contributed by atoms with Crippen LogP contribution in [0.25, 0.3) is 16.7 Å². The Kier molecular flexibility index (Phi) is 4.68. The Morgan fingerprint density at radius 2 is 1.88 bits per heavy atom. The first kappa shape index (κ1) is 17.9. The summed E-state index contributed by atoms with van der Waals surface area (Å²) in [5.74, 6) is 0.354. The van der Waals surface area contributed by atoms with E-state index in [1.54, 1.807) is 12.1 Å². The largest absolute Gasteiger partial charge is 0.484 e. The van der Waals surface area contributed by atoms with Crippen LogP contribution in [0.4, 0.5) is 13.2 Å². The van der Waals surface area contributed by atoms with Crippen LogP contribution in [-0.2, 0) is 0 Å². The number of H-pyrrole nitrogens is 1. The molecule has 0 spiro atoms. The predicted octanol–water partition coefficient (Wildman–Crippen LogP) is 3.39. The SMILES string of the molecule is COc1ccc2c(=O)n(-c3ccc(OCC(F)(F)F)cc3)c(=S)[nH]c2n1. The molecular formula is C16H12F3N3O3S. The molecule has 0 amide bonds. The lowest BCUT2D eigenvalue weighted by molar-refractivity contribution is -0.153. The van der Waals surface area contributed by atoms with Crippen molar-refractivity contribution in [2.75, 3.05) is 13.7 Å². The number of halogens is 3. The number of nitrogens with one attached hydrogen (secondary N) is 1. The van der Waals surface area contributed by atoms with Gasteiger partial charge in [-0.05, 0) is 42.5 Å². The molecule has 0 aliphatic rings. The number of aromatic nitrogens is 3. The third-order valence-electron chi connectivity index (χ3n) is 3.44. The molecule has 0 saturated carbocycles. The maximum Gasteiger partial charge on any atom is 0.422 e. The van der Waals surface area contributed by atoms with Gasteiger partial charge in [-0.2, -0.15) is 18.2 Å². The lowest BCUT2D eigenvalue weighted by Crippen LogP contribution is -2.21. The van der Waals surface area contributed by atoms with Crippen LogP contribution in [0.3, 0.4) is 0 Å². The minimum atomic E-state index is -4.43. The summed E-state index contributed by atoms with van der Waals surface area (Å²) in [7, 11) is 1.45. The second-order valence-electron chi connectivity index (χ2n) is 5.22. The molecule has 2 heterocycles. The van der Waals surface area contributed by atoms with E-state index in [0.717, 1.165) is 0 Å². The Bertz CT molecular complexity index is 1060. The number of nitrogens with zero attached hydrogens (tertiary/aromatic N) is 2. The molecule has 10 heteroatoms. The number of rotatable bonds is 4. The van der Waals surface area contributed by atoms with E-state index in [-0.39, 0.29) is 21.6 Å². The summed E-state index contributed by atoms with van der Waals surface area (Å²) in [5, 5.41) is 0.289. The zero-order chi connectivity index (χ0) is 18.9. The first-order valence-corrected chi connectivity index (χ1v) is 7.69. The van der Waals surface area contributed by atoms with Crippen molar-refractivity contribution in [3.05, 3.63) is 51.5 Å². The average molecular weight is 383 g/mol. The number of alkyl halides is 3. The van der Waals surface area contributed by atoms with E-state index in [4.69, 9.17) is 17.0 Å². The van der Waals surface area contributed by atoms with E-state index in [9.17, 15) is 18.0 Å². The van der Waals surface area contributed by atoms with Crippen molar-refractivity contribution < 1.29 is 22.6 Å². The molecular weight excluding hydrogens is 371 g/mol. The molecule has 0 bridgehead atoms. The van der Waals surface area contributed by atoms with Gasteiger partial charge in [-0.3, -0.25) is 9.36 Å². The molecule has 1 aromatic carbocycles. The first-order valence-electron chi connectivity index (χ1n) is 7.28. The van der Waals surface area contributed by atoms with Gasteiger partial charge in [-0.25, -0.2) is 0 Å². The molecule has 0 fully saturated rings. The van der Waals surface area contributed by atoms with Crippen molar-refractivity contribution in [3.63, 3.8) is 0 Å². The molecule has 0 aliphatic heterocycles. The number of fused-ring (bicyclic) bond motifs is 1. The molecule has 0 saturated heterocycles. The van der Waals surface area contributed by atoms with Crippen LogP contribution >= 0.6 is 12.2 Å². The molecule has 0 unspecified atom stereocenters. The highest BCUT2D eigenvalue weighted by atomic mass is 32.1. The van der Waals surface area contributed by atoms with Crippen molar-refractivity contribution in [3.8, 4) is 17.3 Å². The van der Waals surface area contributed by atoms with Crippen LogP contribution in [0.1, 0.15) is 0 Å². The van der Waals surface area contributed by atoms with Gasteiger partial charge >= 0.3 is 6.18 Å². The zero-order valence-electron chi connectivity index (χ0n) is 13.3. The second-order valence-corrected chi connectivity index (χ2v) is 5.60. The van der Waals surface area contributed by atoms with Gasteiger partial charge in [0.15, 0.2) is 11.4 Å². The molecule has 3 aromatic rings. The Hall–Kier alpha value is -2.88. The van der Waals surface area contributed by atoms with Gasteiger partial charge in [0.1, 0.15) is 11.4 Å². The highest BCUT2D eigenvalue weighted by molar-refractivity contribution is 7.71. The van der Waals surface area contributed by atoms with Crippen molar-refractivity contribution in [1.82, 2.24) is 14.5 Å². The third-order valence-corrected chi connectivity index (χ3v) is 3.72. The number of hydrogen-bond acceptors (Lipinski definition) is 5. The molecule has 26 heavy (non-hydrogen) atoms. The molecule has 6 nitrogen and oxygen atoms in total. The maximum absolute atomic E-state index is 12.7. The fourth-order valence-corrected chi connectivity index (χ4v) is 2.57. The van der Waals surface area contributed by atoms with Gasteiger partial charge in [0, 0.05) is 6.07 Å². The second kappa shape index (κ2) is 6.79. The lowest BCUT2D eigenvalue weighted by Gasteiger charge is -2.11. The summed E-state index contributed by atoms with van der Waals surface area (Å²) in [6.45, 7) is -1.39. The van der Waals surface area contributed by atoms with E-state index in [2.05, 4.69) is 14.7 Å². The highest BCUT2D eigenvalue weighted by Crippen LogP contribution is 2.20. The number of hydrogen-bond donors (Lipinski definition) is 1. The number of benzene rings is 1. The fraction of sp³-hybridized carbons (Fsp3) is 0.188. The van der Waals surface area contributed by atoms with Crippen molar-refractivity contribution in [2.45, 2.75) is 6.18 Å². The summed E-state index contributed by atoms with van der Waals surface area (Å²) in [5.41, 5.74) is 0.247. The van der Waals surface area contributed by atoms with Crippen molar-refractivity contribution in [2.24, 2.45) is 0 Å². The quantitative estimate of drug-likeness (QED) is 0.700. The average Bonchev–Trinajstić information content (AvgIpc) is 2.60. The minimum absolute atomic E-state index is 0.0289. The highest BCUT2D eigenvalue weighted by Gasteiger charge is 2.28. The van der Waals surface area contributed by atoms with Gasteiger partial charge in [0.05, 0.1) is 18.2 Å². The van der Waals surface area contributed by atoms with Crippen molar-refractivity contribution >= 4 is 23.3 Å². The van der Waals surface area contributed by atoms with E-state index >= 15 is 0 Å². The van der Waals surface area contributed by atoms with E-state index in [1.165, 1.54) is 35.9 Å². The van der Waals surface area contributed by atoms with Gasteiger partial charge in [-0.15, -0.1) is 0 Å².